The first-order valence-corrected chi connectivity index (χ1v) is 7.56. The van der Waals surface area contributed by atoms with Gasteiger partial charge in [-0.2, -0.15) is 0 Å². The molecular weight excluding hydrogens is 290 g/mol. The summed E-state index contributed by atoms with van der Waals surface area (Å²) in [6.45, 7) is 4.37. The lowest BCUT2D eigenvalue weighted by Crippen LogP contribution is -2.37. The van der Waals surface area contributed by atoms with Crippen LogP contribution in [0, 0.1) is 13.8 Å². The first kappa shape index (κ1) is 16.7. The fourth-order valence-corrected chi connectivity index (χ4v) is 2.32. The molecule has 2 N–H and O–H groups in total. The summed E-state index contributed by atoms with van der Waals surface area (Å²) in [6.07, 6.45) is 4.20. The van der Waals surface area contributed by atoms with E-state index in [4.69, 9.17) is 0 Å². The second kappa shape index (κ2) is 8.08. The van der Waals surface area contributed by atoms with Gasteiger partial charge in [-0.15, -0.1) is 0 Å². The van der Waals surface area contributed by atoms with E-state index in [1.54, 1.807) is 12.4 Å². The van der Waals surface area contributed by atoms with Crippen LogP contribution in [0.15, 0.2) is 42.7 Å². The van der Waals surface area contributed by atoms with Gasteiger partial charge in [0, 0.05) is 24.5 Å². The van der Waals surface area contributed by atoms with Crippen LogP contribution in [0.4, 0.5) is 0 Å². The molecule has 0 unspecified atom stereocenters. The summed E-state index contributed by atoms with van der Waals surface area (Å²) in [4.78, 5) is 27.8. The largest absolute Gasteiger partial charge is 0.354 e. The van der Waals surface area contributed by atoms with E-state index in [0.717, 1.165) is 16.7 Å². The van der Waals surface area contributed by atoms with E-state index >= 15 is 0 Å². The molecule has 5 nitrogen and oxygen atoms in total. The van der Waals surface area contributed by atoms with Gasteiger partial charge in [-0.25, -0.2) is 0 Å². The predicted octanol–water partition coefficient (Wildman–Crippen LogP) is 1.79. The highest BCUT2D eigenvalue weighted by molar-refractivity contribution is 5.96. The lowest BCUT2D eigenvalue weighted by Gasteiger charge is -2.08. The number of carbonyl (C=O) groups excluding carboxylic acids is 2. The summed E-state index contributed by atoms with van der Waals surface area (Å²) in [5, 5.41) is 5.42. The number of hydrogen-bond acceptors (Lipinski definition) is 3. The van der Waals surface area contributed by atoms with Crippen molar-refractivity contribution < 1.29 is 9.59 Å². The molecular formula is C18H21N3O2. The van der Waals surface area contributed by atoms with Gasteiger partial charge in [-0.3, -0.25) is 14.6 Å². The Kier molecular flexibility index (Phi) is 5.86. The molecule has 0 bridgehead atoms. The molecule has 0 atom stereocenters. The highest BCUT2D eigenvalue weighted by atomic mass is 16.2. The first-order valence-electron chi connectivity index (χ1n) is 7.56. The van der Waals surface area contributed by atoms with Crippen LogP contribution in [-0.4, -0.2) is 29.9 Å². The Bertz CT molecular complexity index is 664. The Balaban J connectivity index is 1.74. The molecule has 0 aliphatic heterocycles. The van der Waals surface area contributed by atoms with Gasteiger partial charge in [0.15, 0.2) is 0 Å². The Morgan fingerprint density at radius 1 is 1.09 bits per heavy atom. The van der Waals surface area contributed by atoms with Crippen molar-refractivity contribution in [3.05, 3.63) is 65.0 Å². The summed E-state index contributed by atoms with van der Waals surface area (Å²) in [5.41, 5.74) is 3.69. The summed E-state index contributed by atoms with van der Waals surface area (Å²) in [6, 6.07) is 9.44. The van der Waals surface area contributed by atoms with Crippen molar-refractivity contribution in [1.29, 1.82) is 0 Å². The molecule has 0 spiro atoms. The van der Waals surface area contributed by atoms with Gasteiger partial charge in [0.05, 0.1) is 6.54 Å². The lowest BCUT2D eigenvalue weighted by atomic mass is 10.1. The van der Waals surface area contributed by atoms with Crippen LogP contribution in [0.5, 0.6) is 0 Å². The van der Waals surface area contributed by atoms with Crippen LogP contribution >= 0.6 is 0 Å². The van der Waals surface area contributed by atoms with E-state index in [1.807, 2.05) is 44.2 Å². The van der Waals surface area contributed by atoms with Gasteiger partial charge in [-0.1, -0.05) is 23.3 Å². The van der Waals surface area contributed by atoms with Crippen LogP contribution in [0.25, 0.3) is 0 Å². The van der Waals surface area contributed by atoms with Crippen LogP contribution < -0.4 is 10.6 Å². The van der Waals surface area contributed by atoms with Crippen molar-refractivity contribution in [3.8, 4) is 0 Å². The second-order valence-electron chi connectivity index (χ2n) is 5.52. The van der Waals surface area contributed by atoms with E-state index in [-0.39, 0.29) is 18.4 Å². The Labute approximate surface area is 136 Å². The summed E-state index contributed by atoms with van der Waals surface area (Å²) in [7, 11) is 0. The van der Waals surface area contributed by atoms with Crippen molar-refractivity contribution in [2.45, 2.75) is 20.3 Å². The third-order valence-corrected chi connectivity index (χ3v) is 3.35. The predicted molar refractivity (Wildman–Crippen MR) is 89.2 cm³/mol. The minimum absolute atomic E-state index is 0.0289. The van der Waals surface area contributed by atoms with Crippen LogP contribution in [0.3, 0.4) is 0 Å². The molecule has 0 saturated carbocycles. The Morgan fingerprint density at radius 2 is 1.83 bits per heavy atom. The molecule has 120 valence electrons. The smallest absolute Gasteiger partial charge is 0.251 e. The van der Waals surface area contributed by atoms with Crippen molar-refractivity contribution in [2.24, 2.45) is 0 Å². The average Bonchev–Trinajstić information content (AvgIpc) is 2.52. The molecule has 1 aromatic carbocycles. The molecule has 0 aliphatic carbocycles. The van der Waals surface area contributed by atoms with Gasteiger partial charge in [0.2, 0.25) is 5.91 Å². The highest BCUT2D eigenvalue weighted by Gasteiger charge is 2.08. The van der Waals surface area contributed by atoms with Crippen molar-refractivity contribution >= 4 is 11.8 Å². The van der Waals surface area contributed by atoms with Crippen molar-refractivity contribution in [3.63, 3.8) is 0 Å². The number of nitrogens with one attached hydrogen (secondary N) is 2. The number of nitrogens with zero attached hydrogens (tertiary/aromatic N) is 1. The van der Waals surface area contributed by atoms with E-state index in [1.165, 1.54) is 0 Å². The molecule has 0 radical (unpaired) electrons. The van der Waals surface area contributed by atoms with E-state index in [9.17, 15) is 9.59 Å². The second-order valence-corrected chi connectivity index (χ2v) is 5.52. The zero-order valence-electron chi connectivity index (χ0n) is 13.4. The summed E-state index contributed by atoms with van der Waals surface area (Å²) >= 11 is 0. The Hall–Kier alpha value is -2.69. The van der Waals surface area contributed by atoms with Crippen molar-refractivity contribution in [2.75, 3.05) is 13.1 Å². The molecule has 23 heavy (non-hydrogen) atoms. The number of hydrogen-bond donors (Lipinski definition) is 2. The number of amides is 2. The molecule has 2 amide bonds. The molecule has 5 heteroatoms. The van der Waals surface area contributed by atoms with Crippen molar-refractivity contribution in [1.82, 2.24) is 15.6 Å². The molecule has 0 fully saturated rings. The normalized spacial score (nSPS) is 10.2. The van der Waals surface area contributed by atoms with E-state index < -0.39 is 0 Å². The summed E-state index contributed by atoms with van der Waals surface area (Å²) in [5.74, 6) is -0.439. The number of aromatic nitrogens is 1. The molecule has 2 rings (SSSR count). The molecule has 2 aromatic rings. The SMILES string of the molecule is Cc1cc(C)cc(C(=O)NCC(=O)NCCc2cccnc2)c1. The fraction of sp³-hybridized carbons (Fsp3) is 0.278. The molecule has 0 saturated heterocycles. The maximum atomic E-state index is 12.0. The lowest BCUT2D eigenvalue weighted by molar-refractivity contribution is -0.120. The maximum absolute atomic E-state index is 12.0. The number of carbonyl (C=O) groups is 2. The third-order valence-electron chi connectivity index (χ3n) is 3.35. The molecule has 0 aliphatic rings. The van der Waals surface area contributed by atoms with E-state index in [2.05, 4.69) is 15.6 Å². The van der Waals surface area contributed by atoms with Crippen LogP contribution in [0.2, 0.25) is 0 Å². The number of rotatable bonds is 6. The molecule has 1 heterocycles. The number of benzene rings is 1. The van der Waals surface area contributed by atoms with Gasteiger partial charge in [-0.05, 0) is 44.0 Å². The maximum Gasteiger partial charge on any atom is 0.251 e. The third kappa shape index (κ3) is 5.54. The minimum atomic E-state index is -0.237. The van der Waals surface area contributed by atoms with Gasteiger partial charge in [0.1, 0.15) is 0 Å². The number of pyridine rings is 1. The van der Waals surface area contributed by atoms with Gasteiger partial charge >= 0.3 is 0 Å². The van der Waals surface area contributed by atoms with Gasteiger partial charge in [0.25, 0.3) is 5.91 Å². The van der Waals surface area contributed by atoms with Crippen LogP contribution in [0.1, 0.15) is 27.0 Å². The number of aryl methyl sites for hydroxylation is 2. The van der Waals surface area contributed by atoms with E-state index in [0.29, 0.717) is 18.5 Å². The first-order chi connectivity index (χ1) is 11.0. The quantitative estimate of drug-likeness (QED) is 0.854. The van der Waals surface area contributed by atoms with Gasteiger partial charge < -0.3 is 10.6 Å². The topological polar surface area (TPSA) is 71.1 Å². The Morgan fingerprint density at radius 3 is 2.48 bits per heavy atom. The average molecular weight is 311 g/mol. The zero-order chi connectivity index (χ0) is 16.7. The van der Waals surface area contributed by atoms with Crippen LogP contribution in [-0.2, 0) is 11.2 Å². The summed E-state index contributed by atoms with van der Waals surface area (Å²) < 4.78 is 0. The minimum Gasteiger partial charge on any atom is -0.354 e. The highest BCUT2D eigenvalue weighted by Crippen LogP contribution is 2.08. The monoisotopic (exact) mass is 311 g/mol. The standard InChI is InChI=1S/C18H21N3O2/c1-13-8-14(2)10-16(9-13)18(23)21-12-17(22)20-7-5-15-4-3-6-19-11-15/h3-4,6,8-11H,5,7,12H2,1-2H3,(H,20,22)(H,21,23). The zero-order valence-corrected chi connectivity index (χ0v) is 13.4. The fourth-order valence-electron chi connectivity index (χ4n) is 2.32. The molecule has 1 aromatic heterocycles.